The number of rotatable bonds is 13. The molecule has 2 bridgehead atoms. The van der Waals surface area contributed by atoms with Crippen LogP contribution in [0.5, 0.6) is 0 Å². The molecule has 1 saturated heterocycles. The third-order valence-corrected chi connectivity index (χ3v) is 10.3. The topological polar surface area (TPSA) is 309 Å². The number of aliphatic hydroxyl groups is 8. The number of esters is 1. The highest BCUT2D eigenvalue weighted by atomic mass is 16.6. The van der Waals surface area contributed by atoms with Gasteiger partial charge in [-0.15, -0.1) is 0 Å². The quantitative estimate of drug-likeness (QED) is 0.102. The van der Waals surface area contributed by atoms with E-state index in [0.717, 1.165) is 12.8 Å². The third-order valence-electron chi connectivity index (χ3n) is 10.3. The number of hydrogen-bond donors (Lipinski definition) is 12. The number of aliphatic hydroxyl groups excluding tert-OH is 7. The molecule has 0 aromatic rings. The maximum atomic E-state index is 13.0. The average Bonchev–Trinajstić information content (AvgIpc) is 3.16. The minimum absolute atomic E-state index is 0.109. The van der Waals surface area contributed by atoms with Crippen LogP contribution in [0.15, 0.2) is 48.6 Å². The fourth-order valence-electron chi connectivity index (χ4n) is 6.90. The summed E-state index contributed by atoms with van der Waals surface area (Å²) >= 11 is 0. The summed E-state index contributed by atoms with van der Waals surface area (Å²) in [7, 11) is 1.38. The van der Waals surface area contributed by atoms with Crippen LogP contribution in [0, 0.1) is 5.92 Å². The van der Waals surface area contributed by atoms with E-state index in [1.54, 1.807) is 42.5 Å². The average molecular weight is 845 g/mol. The SMILES string of the molecule is CCCCC1C/C=C/C=C/C=C/C=C/C(OC[C@@H](O)[C@@H](N)[C@H](O)COC)CC2OC(O)(CC(O)CC(O)CC(O)CC(O)C(C)C(=O)O1)CC(O)C2NC(=O)NCCN. The van der Waals surface area contributed by atoms with Gasteiger partial charge in [-0.05, 0) is 26.2 Å². The molecular weight excluding hydrogens is 772 g/mol. The Bertz CT molecular complexity index is 1320. The number of nitrogens with one attached hydrogen (secondary N) is 2. The fourth-order valence-corrected chi connectivity index (χ4v) is 6.90. The normalized spacial score (nSPS) is 35.9. The number of hydrogen-bond acceptors (Lipinski definition) is 16. The van der Waals surface area contributed by atoms with Crippen molar-refractivity contribution in [3.8, 4) is 0 Å². The van der Waals surface area contributed by atoms with Gasteiger partial charge in [-0.1, -0.05) is 68.4 Å². The van der Waals surface area contributed by atoms with Gasteiger partial charge in [0.1, 0.15) is 6.10 Å². The summed E-state index contributed by atoms with van der Waals surface area (Å²) in [6.45, 7) is 3.34. The molecule has 0 aromatic carbocycles. The van der Waals surface area contributed by atoms with Crippen molar-refractivity contribution < 1.29 is 69.4 Å². The lowest BCUT2D eigenvalue weighted by atomic mass is 9.87. The second-order valence-corrected chi connectivity index (χ2v) is 15.6. The molecule has 59 heavy (non-hydrogen) atoms. The molecule has 0 radical (unpaired) electrons. The molecule has 0 saturated carbocycles. The highest BCUT2D eigenvalue weighted by Gasteiger charge is 2.48. The smallest absolute Gasteiger partial charge is 0.315 e. The Morgan fingerprint density at radius 2 is 1.58 bits per heavy atom. The van der Waals surface area contributed by atoms with Gasteiger partial charge < -0.3 is 81.9 Å². The molecule has 14 N–H and O–H groups in total. The number of amides is 2. The van der Waals surface area contributed by atoms with Crippen molar-refractivity contribution in [3.63, 3.8) is 0 Å². The van der Waals surface area contributed by atoms with Crippen LogP contribution < -0.4 is 22.1 Å². The van der Waals surface area contributed by atoms with Gasteiger partial charge >= 0.3 is 12.0 Å². The zero-order chi connectivity index (χ0) is 44.0. The number of carbonyl (C=O) groups is 2. The highest BCUT2D eigenvalue weighted by Crippen LogP contribution is 2.34. The molecule has 2 amide bonds. The molecule has 340 valence electrons. The van der Waals surface area contributed by atoms with Gasteiger partial charge in [0.05, 0.1) is 86.2 Å². The number of ether oxygens (including phenoxy) is 4. The Labute approximate surface area is 347 Å². The van der Waals surface area contributed by atoms with Gasteiger partial charge in [0.25, 0.3) is 0 Å². The van der Waals surface area contributed by atoms with Crippen LogP contribution in [0.3, 0.4) is 0 Å². The maximum Gasteiger partial charge on any atom is 0.315 e. The standard InChI is InChI=1S/C41H72N4O14/c1-4-5-13-30-14-11-9-7-6-8-10-12-15-31(57-25-35(52)37(43)34(51)24-56-3)21-36-38(45-40(54)44-17-16-42)33(50)23-41(55,59-36)22-29(48)19-27(46)18-28(47)20-32(49)26(2)39(53)58-30/h6-12,15,26-38,46-52,55H,4-5,13-14,16-25,42-43H2,1-3H3,(H2,44,45,54)/b7-6+,10-8+,11-9+,15-12+/t26?,27?,28?,29?,30?,31?,32?,33?,34-,35-,36?,37+,38?,41?/m1/s1. The summed E-state index contributed by atoms with van der Waals surface area (Å²) in [4.78, 5) is 25.7. The Balaban J connectivity index is 2.47. The number of unbranched alkanes of at least 4 members (excludes halogenated alkanes) is 1. The van der Waals surface area contributed by atoms with Crippen LogP contribution in [-0.2, 0) is 23.7 Å². The summed E-state index contributed by atoms with van der Waals surface area (Å²) in [6, 6.07) is -2.89. The van der Waals surface area contributed by atoms with Crippen molar-refractivity contribution in [1.82, 2.24) is 10.6 Å². The first-order valence-corrected chi connectivity index (χ1v) is 20.7. The Morgan fingerprint density at radius 1 is 0.932 bits per heavy atom. The zero-order valence-electron chi connectivity index (χ0n) is 34.7. The molecule has 11 unspecified atom stereocenters. The number of nitrogens with two attached hydrogens (primary N) is 2. The lowest BCUT2D eigenvalue weighted by molar-refractivity contribution is -0.293. The number of cyclic esters (lactones) is 1. The number of methoxy groups -OCH3 is 1. The molecule has 0 aliphatic carbocycles. The Hall–Kier alpha value is -2.82. The Morgan fingerprint density at radius 3 is 2.25 bits per heavy atom. The molecule has 0 spiro atoms. The molecule has 2 aliphatic heterocycles. The molecule has 0 aromatic heterocycles. The minimum atomic E-state index is -2.17. The van der Waals surface area contributed by atoms with E-state index in [2.05, 4.69) is 10.6 Å². The first kappa shape index (κ1) is 52.3. The predicted octanol–water partition coefficient (Wildman–Crippen LogP) is -0.707. The zero-order valence-corrected chi connectivity index (χ0v) is 34.7. The third kappa shape index (κ3) is 20.1. The molecule has 2 rings (SSSR count). The monoisotopic (exact) mass is 845 g/mol. The summed E-state index contributed by atoms with van der Waals surface area (Å²) in [5, 5.41) is 92.5. The summed E-state index contributed by atoms with van der Waals surface area (Å²) in [5.74, 6) is -3.74. The van der Waals surface area contributed by atoms with Crippen LogP contribution in [0.2, 0.25) is 0 Å². The molecular formula is C41H72N4O14. The fraction of sp³-hybridized carbons (Fsp3) is 0.756. The second kappa shape index (κ2) is 27.9. The van der Waals surface area contributed by atoms with Crippen molar-refractivity contribution in [3.05, 3.63) is 48.6 Å². The second-order valence-electron chi connectivity index (χ2n) is 15.6. The van der Waals surface area contributed by atoms with E-state index < -0.39 is 110 Å². The number of fused-ring (bicyclic) bond motifs is 2. The van der Waals surface area contributed by atoms with Gasteiger partial charge in [0.2, 0.25) is 0 Å². The van der Waals surface area contributed by atoms with E-state index in [1.165, 1.54) is 14.0 Å². The van der Waals surface area contributed by atoms with E-state index in [-0.39, 0.29) is 52.0 Å². The first-order chi connectivity index (χ1) is 28.0. The van der Waals surface area contributed by atoms with Crippen LogP contribution in [0.4, 0.5) is 4.79 Å². The van der Waals surface area contributed by atoms with Gasteiger partial charge in [-0.3, -0.25) is 4.79 Å². The van der Waals surface area contributed by atoms with Crippen molar-refractivity contribution in [2.24, 2.45) is 17.4 Å². The summed E-state index contributed by atoms with van der Waals surface area (Å²) in [6.07, 6.45) is 3.22. The van der Waals surface area contributed by atoms with E-state index in [1.807, 2.05) is 13.0 Å². The Kier molecular flexibility index (Phi) is 24.8. The highest BCUT2D eigenvalue weighted by molar-refractivity contribution is 5.74. The van der Waals surface area contributed by atoms with Crippen molar-refractivity contribution in [2.75, 3.05) is 33.4 Å². The minimum Gasteiger partial charge on any atom is -0.462 e. The van der Waals surface area contributed by atoms with Crippen LogP contribution in [-0.4, -0.2) is 165 Å². The molecule has 2 heterocycles. The van der Waals surface area contributed by atoms with Gasteiger partial charge in [-0.25, -0.2) is 4.79 Å². The van der Waals surface area contributed by atoms with Crippen molar-refractivity contribution in [1.29, 1.82) is 0 Å². The molecule has 18 heteroatoms. The summed E-state index contributed by atoms with van der Waals surface area (Å²) < 4.78 is 22.8. The van der Waals surface area contributed by atoms with Crippen molar-refractivity contribution >= 4 is 12.0 Å². The predicted molar refractivity (Wildman–Crippen MR) is 218 cm³/mol. The number of allylic oxidation sites excluding steroid dienone is 6. The van der Waals surface area contributed by atoms with Gasteiger partial charge in [-0.2, -0.15) is 0 Å². The lowest BCUT2D eigenvalue weighted by Crippen LogP contribution is -2.63. The van der Waals surface area contributed by atoms with E-state index in [4.69, 9.17) is 30.4 Å². The van der Waals surface area contributed by atoms with Crippen LogP contribution in [0.1, 0.15) is 78.1 Å². The van der Waals surface area contributed by atoms with E-state index in [0.29, 0.717) is 12.8 Å². The molecule has 2 aliphatic rings. The summed E-state index contributed by atoms with van der Waals surface area (Å²) in [5.41, 5.74) is 11.6. The van der Waals surface area contributed by atoms with Gasteiger partial charge in [0.15, 0.2) is 5.79 Å². The maximum absolute atomic E-state index is 13.0. The van der Waals surface area contributed by atoms with Crippen LogP contribution >= 0.6 is 0 Å². The first-order valence-electron chi connectivity index (χ1n) is 20.7. The van der Waals surface area contributed by atoms with E-state index >= 15 is 0 Å². The molecule has 14 atom stereocenters. The van der Waals surface area contributed by atoms with Gasteiger partial charge in [0, 0.05) is 52.3 Å². The number of urea groups is 1. The molecule has 18 nitrogen and oxygen atoms in total. The van der Waals surface area contributed by atoms with Crippen molar-refractivity contribution in [2.45, 2.75) is 157 Å². The van der Waals surface area contributed by atoms with Crippen LogP contribution in [0.25, 0.3) is 0 Å². The molecule has 1 fully saturated rings. The van der Waals surface area contributed by atoms with E-state index in [9.17, 15) is 50.4 Å². The number of carbonyl (C=O) groups excluding carboxylic acids is 2. The largest absolute Gasteiger partial charge is 0.462 e. The lowest BCUT2D eigenvalue weighted by Gasteiger charge is -2.46.